The van der Waals surface area contributed by atoms with E-state index in [0.29, 0.717) is 0 Å². The lowest BCUT2D eigenvalue weighted by Crippen LogP contribution is -2.35. The van der Waals surface area contributed by atoms with Crippen molar-refractivity contribution < 1.29 is 4.39 Å². The minimum Gasteiger partial charge on any atom is -0.317 e. The summed E-state index contributed by atoms with van der Waals surface area (Å²) in [7, 11) is 0. The van der Waals surface area contributed by atoms with Gasteiger partial charge in [0.15, 0.2) is 0 Å². The van der Waals surface area contributed by atoms with Crippen molar-refractivity contribution in [3.63, 3.8) is 0 Å². The van der Waals surface area contributed by atoms with Crippen molar-refractivity contribution in [3.8, 4) is 0 Å². The van der Waals surface area contributed by atoms with E-state index in [0.717, 1.165) is 31.6 Å². The highest BCUT2D eigenvalue weighted by Gasteiger charge is 2.08. The van der Waals surface area contributed by atoms with Crippen LogP contribution >= 0.6 is 0 Å². The van der Waals surface area contributed by atoms with Gasteiger partial charge in [0.25, 0.3) is 0 Å². The van der Waals surface area contributed by atoms with E-state index in [1.54, 1.807) is 12.1 Å². The number of hydrogen-bond acceptors (Lipinski definition) is 2. The summed E-state index contributed by atoms with van der Waals surface area (Å²) < 4.78 is 13.0. The van der Waals surface area contributed by atoms with Crippen molar-refractivity contribution in [1.82, 2.24) is 10.2 Å². The highest BCUT2D eigenvalue weighted by Crippen LogP contribution is 2.11. The Morgan fingerprint density at radius 2 is 1.94 bits per heavy atom. The summed E-state index contributed by atoms with van der Waals surface area (Å²) >= 11 is 0. The minimum absolute atomic E-state index is 0.131. The molecule has 2 rings (SSSR count). The zero-order valence-corrected chi connectivity index (χ0v) is 11.2. The van der Waals surface area contributed by atoms with Gasteiger partial charge in [0.05, 0.1) is 0 Å². The largest absolute Gasteiger partial charge is 0.317 e. The van der Waals surface area contributed by atoms with Crippen molar-refractivity contribution >= 4 is 0 Å². The van der Waals surface area contributed by atoms with Crippen LogP contribution in [0, 0.1) is 12.7 Å². The molecule has 1 aromatic rings. The van der Waals surface area contributed by atoms with E-state index in [-0.39, 0.29) is 5.82 Å². The number of nitrogens with one attached hydrogen (secondary N) is 1. The Morgan fingerprint density at radius 1 is 1.22 bits per heavy atom. The maximum atomic E-state index is 13.0. The summed E-state index contributed by atoms with van der Waals surface area (Å²) in [5.41, 5.74) is 2.35. The summed E-state index contributed by atoms with van der Waals surface area (Å²) in [4.78, 5) is 2.53. The molecule has 0 amide bonds. The Balaban J connectivity index is 1.85. The SMILES string of the molecule is Cc1cc(F)ccc1CCN1CCCNCCC1. The van der Waals surface area contributed by atoms with Crippen molar-refractivity contribution in [2.24, 2.45) is 0 Å². The van der Waals surface area contributed by atoms with E-state index < -0.39 is 0 Å². The lowest BCUT2D eigenvalue weighted by molar-refractivity contribution is 0.255. The Labute approximate surface area is 109 Å². The first kappa shape index (κ1) is 13.5. The van der Waals surface area contributed by atoms with Crippen LogP contribution in [-0.4, -0.2) is 37.6 Å². The molecule has 0 atom stereocenters. The first-order chi connectivity index (χ1) is 8.75. The summed E-state index contributed by atoms with van der Waals surface area (Å²) in [5, 5.41) is 3.43. The Bertz CT molecular complexity index is 371. The first-order valence-corrected chi connectivity index (χ1v) is 6.94. The number of rotatable bonds is 3. The van der Waals surface area contributed by atoms with Gasteiger partial charge < -0.3 is 10.2 Å². The molecule has 0 aromatic heterocycles. The number of halogens is 1. The van der Waals surface area contributed by atoms with Gasteiger partial charge in [-0.3, -0.25) is 0 Å². The van der Waals surface area contributed by atoms with Gasteiger partial charge in [-0.25, -0.2) is 4.39 Å². The lowest BCUT2D eigenvalue weighted by atomic mass is 10.1. The molecule has 1 heterocycles. The maximum absolute atomic E-state index is 13.0. The van der Waals surface area contributed by atoms with Crippen LogP contribution in [0.4, 0.5) is 4.39 Å². The normalized spacial score (nSPS) is 18.3. The summed E-state index contributed by atoms with van der Waals surface area (Å²) in [6.07, 6.45) is 3.48. The van der Waals surface area contributed by atoms with Crippen LogP contribution in [0.2, 0.25) is 0 Å². The third kappa shape index (κ3) is 4.07. The molecule has 1 aromatic carbocycles. The Kier molecular flexibility index (Phi) is 5.14. The van der Waals surface area contributed by atoms with E-state index in [2.05, 4.69) is 10.2 Å². The fourth-order valence-electron chi connectivity index (χ4n) is 2.53. The van der Waals surface area contributed by atoms with E-state index >= 15 is 0 Å². The maximum Gasteiger partial charge on any atom is 0.123 e. The molecular weight excluding hydrogens is 227 g/mol. The molecule has 1 fully saturated rings. The zero-order valence-electron chi connectivity index (χ0n) is 11.2. The molecule has 18 heavy (non-hydrogen) atoms. The molecule has 0 spiro atoms. The average molecular weight is 250 g/mol. The van der Waals surface area contributed by atoms with E-state index in [1.807, 2.05) is 13.0 Å². The fourth-order valence-corrected chi connectivity index (χ4v) is 2.53. The number of nitrogens with zero attached hydrogens (tertiary/aromatic N) is 1. The van der Waals surface area contributed by atoms with Gasteiger partial charge in [-0.15, -0.1) is 0 Å². The lowest BCUT2D eigenvalue weighted by Gasteiger charge is -2.25. The molecule has 0 unspecified atom stereocenters. The Morgan fingerprint density at radius 3 is 2.61 bits per heavy atom. The van der Waals surface area contributed by atoms with Crippen LogP contribution in [0.5, 0.6) is 0 Å². The average Bonchev–Trinajstić information content (AvgIpc) is 2.29. The molecule has 1 saturated heterocycles. The van der Waals surface area contributed by atoms with Crippen LogP contribution in [0.1, 0.15) is 24.0 Å². The highest BCUT2D eigenvalue weighted by atomic mass is 19.1. The molecule has 100 valence electrons. The number of benzene rings is 1. The standard InChI is InChI=1S/C15H23FN2/c1-13-12-15(16)5-4-14(13)6-11-18-9-2-7-17-8-3-10-18/h4-5,12,17H,2-3,6-11H2,1H3. The van der Waals surface area contributed by atoms with Crippen LogP contribution in [0.25, 0.3) is 0 Å². The third-order valence-corrected chi connectivity index (χ3v) is 3.66. The second-order valence-electron chi connectivity index (χ2n) is 5.12. The van der Waals surface area contributed by atoms with Gasteiger partial charge in [0.2, 0.25) is 0 Å². The summed E-state index contributed by atoms with van der Waals surface area (Å²) in [5.74, 6) is -0.131. The molecule has 1 N–H and O–H groups in total. The van der Waals surface area contributed by atoms with Crippen molar-refractivity contribution in [2.45, 2.75) is 26.2 Å². The molecule has 2 nitrogen and oxygen atoms in total. The molecule has 0 bridgehead atoms. The monoisotopic (exact) mass is 250 g/mol. The second-order valence-corrected chi connectivity index (χ2v) is 5.12. The Hall–Kier alpha value is -0.930. The topological polar surface area (TPSA) is 15.3 Å². The highest BCUT2D eigenvalue weighted by molar-refractivity contribution is 5.26. The van der Waals surface area contributed by atoms with Gasteiger partial charge in [-0.2, -0.15) is 0 Å². The minimum atomic E-state index is -0.131. The third-order valence-electron chi connectivity index (χ3n) is 3.66. The quantitative estimate of drug-likeness (QED) is 0.886. The molecule has 1 aliphatic heterocycles. The fraction of sp³-hybridized carbons (Fsp3) is 0.600. The number of hydrogen-bond donors (Lipinski definition) is 1. The van der Waals surface area contributed by atoms with E-state index in [4.69, 9.17) is 0 Å². The molecule has 1 aliphatic rings. The smallest absolute Gasteiger partial charge is 0.123 e. The van der Waals surface area contributed by atoms with Crippen LogP contribution in [0.15, 0.2) is 18.2 Å². The molecule has 0 saturated carbocycles. The van der Waals surface area contributed by atoms with Crippen molar-refractivity contribution in [2.75, 3.05) is 32.7 Å². The summed E-state index contributed by atoms with van der Waals surface area (Å²) in [6.45, 7) is 7.70. The van der Waals surface area contributed by atoms with E-state index in [9.17, 15) is 4.39 Å². The number of aryl methyl sites for hydroxylation is 1. The molecule has 3 heteroatoms. The molecule has 0 radical (unpaired) electrons. The van der Waals surface area contributed by atoms with Crippen LogP contribution in [-0.2, 0) is 6.42 Å². The molecule has 0 aliphatic carbocycles. The second kappa shape index (κ2) is 6.86. The van der Waals surface area contributed by atoms with Gasteiger partial charge in [0, 0.05) is 6.54 Å². The van der Waals surface area contributed by atoms with Crippen molar-refractivity contribution in [1.29, 1.82) is 0 Å². The van der Waals surface area contributed by atoms with Gasteiger partial charge in [-0.1, -0.05) is 6.07 Å². The van der Waals surface area contributed by atoms with Gasteiger partial charge >= 0.3 is 0 Å². The van der Waals surface area contributed by atoms with Crippen LogP contribution in [0.3, 0.4) is 0 Å². The summed E-state index contributed by atoms with van der Waals surface area (Å²) in [6, 6.07) is 5.13. The van der Waals surface area contributed by atoms with Gasteiger partial charge in [-0.05, 0) is 75.6 Å². The first-order valence-electron chi connectivity index (χ1n) is 6.94. The predicted molar refractivity (Wildman–Crippen MR) is 73.4 cm³/mol. The zero-order chi connectivity index (χ0) is 12.8. The van der Waals surface area contributed by atoms with Crippen molar-refractivity contribution in [3.05, 3.63) is 35.1 Å². The van der Waals surface area contributed by atoms with E-state index in [1.165, 1.54) is 31.5 Å². The van der Waals surface area contributed by atoms with Crippen LogP contribution < -0.4 is 5.32 Å². The van der Waals surface area contributed by atoms with Gasteiger partial charge in [0.1, 0.15) is 5.82 Å². The predicted octanol–water partition coefficient (Wildman–Crippen LogP) is 2.36. The molecular formula is C15H23FN2.